The van der Waals surface area contributed by atoms with Gasteiger partial charge in [0.2, 0.25) is 5.91 Å². The number of rotatable bonds is 3. The Morgan fingerprint density at radius 2 is 2.00 bits per heavy atom. The monoisotopic (exact) mass is 234 g/mol. The minimum atomic E-state index is -0.244. The van der Waals surface area contributed by atoms with Crippen LogP contribution in [0.4, 0.5) is 4.39 Å². The molecule has 1 aromatic carbocycles. The van der Waals surface area contributed by atoms with Crippen molar-refractivity contribution < 1.29 is 9.18 Å². The van der Waals surface area contributed by atoms with Crippen LogP contribution in [0.2, 0.25) is 0 Å². The minimum Gasteiger partial charge on any atom is -0.322 e. The second-order valence-electron chi connectivity index (χ2n) is 4.82. The van der Waals surface area contributed by atoms with Gasteiger partial charge >= 0.3 is 0 Å². The van der Waals surface area contributed by atoms with Crippen molar-refractivity contribution in [2.75, 3.05) is 13.1 Å². The van der Waals surface area contributed by atoms with Gasteiger partial charge in [0.15, 0.2) is 0 Å². The van der Waals surface area contributed by atoms with Crippen molar-refractivity contribution in [1.82, 2.24) is 10.2 Å². The molecular formula is C13H15FN2O. The highest BCUT2D eigenvalue weighted by Crippen LogP contribution is 2.33. The number of carbonyl (C=O) groups is 1. The third kappa shape index (κ3) is 2.17. The van der Waals surface area contributed by atoms with Crippen LogP contribution in [0.25, 0.3) is 0 Å². The molecule has 0 aromatic heterocycles. The lowest BCUT2D eigenvalue weighted by Crippen LogP contribution is -2.32. The van der Waals surface area contributed by atoms with Crippen molar-refractivity contribution in [2.45, 2.75) is 19.0 Å². The summed E-state index contributed by atoms with van der Waals surface area (Å²) in [5, 5.41) is 3.18. The van der Waals surface area contributed by atoms with E-state index in [2.05, 4.69) is 5.32 Å². The lowest BCUT2D eigenvalue weighted by molar-refractivity contribution is -0.128. The molecule has 1 heterocycles. The van der Waals surface area contributed by atoms with Crippen LogP contribution in [0.3, 0.4) is 0 Å². The van der Waals surface area contributed by atoms with Crippen LogP contribution in [0.15, 0.2) is 24.3 Å². The third-order valence-corrected chi connectivity index (χ3v) is 3.42. The first kappa shape index (κ1) is 10.7. The number of halogens is 1. The molecule has 1 aliphatic carbocycles. The third-order valence-electron chi connectivity index (χ3n) is 3.42. The summed E-state index contributed by atoms with van der Waals surface area (Å²) < 4.78 is 12.9. The second kappa shape index (κ2) is 4.11. The van der Waals surface area contributed by atoms with Gasteiger partial charge in [-0.15, -0.1) is 0 Å². The van der Waals surface area contributed by atoms with E-state index in [1.54, 1.807) is 12.1 Å². The molecule has 90 valence electrons. The molecule has 0 bridgehead atoms. The van der Waals surface area contributed by atoms with Gasteiger partial charge < -0.3 is 4.90 Å². The molecule has 1 amide bonds. The lowest BCUT2D eigenvalue weighted by atomic mass is 10.1. The molecule has 4 heteroatoms. The minimum absolute atomic E-state index is 0.0799. The molecule has 0 radical (unpaired) electrons. The van der Waals surface area contributed by atoms with Crippen LogP contribution in [0.1, 0.15) is 24.6 Å². The van der Waals surface area contributed by atoms with Gasteiger partial charge in [-0.25, -0.2) is 4.39 Å². The first-order valence-electron chi connectivity index (χ1n) is 6.02. The summed E-state index contributed by atoms with van der Waals surface area (Å²) in [6, 6.07) is 6.36. The Bertz CT molecular complexity index is 428. The van der Waals surface area contributed by atoms with Crippen LogP contribution in [-0.4, -0.2) is 23.9 Å². The summed E-state index contributed by atoms with van der Waals surface area (Å²) in [4.78, 5) is 13.7. The normalized spacial score (nSPS) is 24.4. The van der Waals surface area contributed by atoms with E-state index >= 15 is 0 Å². The maximum absolute atomic E-state index is 12.9. The summed E-state index contributed by atoms with van der Waals surface area (Å²) in [6.45, 7) is 1.21. The first-order valence-corrected chi connectivity index (χ1v) is 6.02. The number of amides is 1. The van der Waals surface area contributed by atoms with E-state index in [1.807, 2.05) is 4.90 Å². The van der Waals surface area contributed by atoms with Crippen molar-refractivity contribution >= 4 is 5.91 Å². The smallest absolute Gasteiger partial charge is 0.238 e. The molecule has 2 aliphatic rings. The molecule has 3 nitrogen and oxygen atoms in total. The SMILES string of the molecule is O=C1CNC(c2ccc(F)cc2)N1CC1CC1. The van der Waals surface area contributed by atoms with Gasteiger partial charge in [-0.05, 0) is 36.5 Å². The molecule has 2 fully saturated rings. The quantitative estimate of drug-likeness (QED) is 0.862. The average Bonchev–Trinajstić information content (AvgIpc) is 3.07. The highest BCUT2D eigenvalue weighted by atomic mass is 19.1. The van der Waals surface area contributed by atoms with Crippen LogP contribution in [-0.2, 0) is 4.79 Å². The fourth-order valence-electron chi connectivity index (χ4n) is 2.27. The molecule has 1 aliphatic heterocycles. The maximum Gasteiger partial charge on any atom is 0.238 e. The number of nitrogens with zero attached hydrogens (tertiary/aromatic N) is 1. The zero-order valence-electron chi connectivity index (χ0n) is 9.53. The van der Waals surface area contributed by atoms with E-state index in [1.165, 1.54) is 25.0 Å². The van der Waals surface area contributed by atoms with Crippen LogP contribution in [0.5, 0.6) is 0 Å². The van der Waals surface area contributed by atoms with E-state index in [-0.39, 0.29) is 17.9 Å². The molecule has 1 atom stereocenters. The van der Waals surface area contributed by atoms with Crippen LogP contribution < -0.4 is 5.32 Å². The molecule has 1 aromatic rings. The maximum atomic E-state index is 12.9. The standard InChI is InChI=1S/C13H15FN2O/c14-11-5-3-10(4-6-11)13-15-7-12(17)16(13)8-9-1-2-9/h3-6,9,13,15H,1-2,7-8H2. The van der Waals surface area contributed by atoms with Gasteiger partial charge in [-0.1, -0.05) is 12.1 Å². The summed E-state index contributed by atoms with van der Waals surface area (Å²) >= 11 is 0. The largest absolute Gasteiger partial charge is 0.322 e. The zero-order valence-corrected chi connectivity index (χ0v) is 9.53. The topological polar surface area (TPSA) is 32.3 Å². The Morgan fingerprint density at radius 1 is 1.29 bits per heavy atom. The highest BCUT2D eigenvalue weighted by Gasteiger charge is 2.35. The van der Waals surface area contributed by atoms with E-state index in [9.17, 15) is 9.18 Å². The van der Waals surface area contributed by atoms with E-state index in [0.717, 1.165) is 12.1 Å². The molecule has 0 spiro atoms. The number of hydrogen-bond donors (Lipinski definition) is 1. The van der Waals surface area contributed by atoms with Crippen molar-refractivity contribution in [3.63, 3.8) is 0 Å². The Hall–Kier alpha value is -1.42. The molecular weight excluding hydrogens is 219 g/mol. The Balaban J connectivity index is 1.80. The number of benzene rings is 1. The molecule has 3 rings (SSSR count). The fourth-order valence-corrected chi connectivity index (χ4v) is 2.27. The molecule has 17 heavy (non-hydrogen) atoms. The van der Waals surface area contributed by atoms with Gasteiger partial charge in [0.25, 0.3) is 0 Å². The Labute approximate surface area is 99.6 Å². The van der Waals surface area contributed by atoms with Crippen LogP contribution in [0, 0.1) is 11.7 Å². The molecule has 1 N–H and O–H groups in total. The average molecular weight is 234 g/mol. The molecule has 1 saturated carbocycles. The van der Waals surface area contributed by atoms with Crippen molar-refractivity contribution in [3.05, 3.63) is 35.6 Å². The highest BCUT2D eigenvalue weighted by molar-refractivity contribution is 5.81. The molecule has 1 unspecified atom stereocenters. The summed E-state index contributed by atoms with van der Waals surface area (Å²) in [7, 11) is 0. The van der Waals surface area contributed by atoms with Gasteiger partial charge in [-0.2, -0.15) is 0 Å². The Morgan fingerprint density at radius 3 is 2.65 bits per heavy atom. The van der Waals surface area contributed by atoms with E-state index in [0.29, 0.717) is 12.5 Å². The van der Waals surface area contributed by atoms with Gasteiger partial charge in [0, 0.05) is 6.54 Å². The second-order valence-corrected chi connectivity index (χ2v) is 4.82. The number of hydrogen-bond acceptors (Lipinski definition) is 2. The number of nitrogens with one attached hydrogen (secondary N) is 1. The van der Waals surface area contributed by atoms with Gasteiger partial charge in [-0.3, -0.25) is 10.1 Å². The Kier molecular flexibility index (Phi) is 2.59. The lowest BCUT2D eigenvalue weighted by Gasteiger charge is -2.24. The van der Waals surface area contributed by atoms with Crippen molar-refractivity contribution in [3.8, 4) is 0 Å². The van der Waals surface area contributed by atoms with Gasteiger partial charge in [0.05, 0.1) is 6.54 Å². The fraction of sp³-hybridized carbons (Fsp3) is 0.462. The van der Waals surface area contributed by atoms with Crippen LogP contribution >= 0.6 is 0 Å². The van der Waals surface area contributed by atoms with Crippen molar-refractivity contribution in [2.24, 2.45) is 5.92 Å². The predicted molar refractivity (Wildman–Crippen MR) is 61.6 cm³/mol. The predicted octanol–water partition coefficient (Wildman–Crippen LogP) is 1.67. The van der Waals surface area contributed by atoms with Crippen molar-refractivity contribution in [1.29, 1.82) is 0 Å². The van der Waals surface area contributed by atoms with Gasteiger partial charge in [0.1, 0.15) is 12.0 Å². The molecule has 1 saturated heterocycles. The number of carbonyl (C=O) groups excluding carboxylic acids is 1. The zero-order chi connectivity index (χ0) is 11.8. The van der Waals surface area contributed by atoms with E-state index in [4.69, 9.17) is 0 Å². The summed E-state index contributed by atoms with van der Waals surface area (Å²) in [5.74, 6) is 0.569. The van der Waals surface area contributed by atoms with E-state index < -0.39 is 0 Å². The summed E-state index contributed by atoms with van der Waals surface area (Å²) in [6.07, 6.45) is 2.36. The summed E-state index contributed by atoms with van der Waals surface area (Å²) in [5.41, 5.74) is 0.956. The first-order chi connectivity index (χ1) is 8.24.